The minimum atomic E-state index is 0.0989. The van der Waals surface area contributed by atoms with Crippen LogP contribution in [0.15, 0.2) is 0 Å². The third-order valence-corrected chi connectivity index (χ3v) is 3.94. The van der Waals surface area contributed by atoms with Crippen molar-refractivity contribution in [3.63, 3.8) is 0 Å². The van der Waals surface area contributed by atoms with E-state index in [4.69, 9.17) is 0 Å². The SMILES string of the molecule is CCCc1nc2c(s1)C(=O)CC(C)(C)C2. The van der Waals surface area contributed by atoms with E-state index < -0.39 is 0 Å². The number of rotatable bonds is 2. The fourth-order valence-electron chi connectivity index (χ4n) is 2.09. The highest BCUT2D eigenvalue weighted by atomic mass is 32.1. The van der Waals surface area contributed by atoms with Crippen molar-refractivity contribution in [3.05, 3.63) is 15.6 Å². The van der Waals surface area contributed by atoms with E-state index in [1.54, 1.807) is 11.3 Å². The molecule has 1 aliphatic rings. The van der Waals surface area contributed by atoms with E-state index >= 15 is 0 Å². The van der Waals surface area contributed by atoms with Gasteiger partial charge in [0.15, 0.2) is 5.78 Å². The van der Waals surface area contributed by atoms with Crippen LogP contribution in [-0.4, -0.2) is 10.8 Å². The molecule has 0 bridgehead atoms. The van der Waals surface area contributed by atoms with E-state index in [0.29, 0.717) is 12.2 Å². The smallest absolute Gasteiger partial charge is 0.175 e. The molecule has 0 fully saturated rings. The molecular weight excluding hydrogens is 206 g/mol. The van der Waals surface area contributed by atoms with Gasteiger partial charge in [-0.3, -0.25) is 4.79 Å². The molecule has 2 nitrogen and oxygen atoms in total. The van der Waals surface area contributed by atoms with E-state index in [9.17, 15) is 4.79 Å². The Morgan fingerprint density at radius 1 is 1.40 bits per heavy atom. The number of carbonyl (C=O) groups is 1. The molecular formula is C12H17NOS. The second kappa shape index (κ2) is 3.71. The average Bonchev–Trinajstić information content (AvgIpc) is 2.46. The van der Waals surface area contributed by atoms with Crippen LogP contribution < -0.4 is 0 Å². The Morgan fingerprint density at radius 2 is 2.13 bits per heavy atom. The topological polar surface area (TPSA) is 30.0 Å². The predicted octanol–water partition coefficient (Wildman–Crippen LogP) is 3.25. The molecule has 1 aromatic rings. The van der Waals surface area contributed by atoms with Crippen molar-refractivity contribution < 1.29 is 4.79 Å². The van der Waals surface area contributed by atoms with Crippen LogP contribution in [-0.2, 0) is 12.8 Å². The highest BCUT2D eigenvalue weighted by Gasteiger charge is 2.33. The molecule has 0 aromatic carbocycles. The number of ketones is 1. The van der Waals surface area contributed by atoms with Crippen molar-refractivity contribution in [2.75, 3.05) is 0 Å². The number of fused-ring (bicyclic) bond motifs is 1. The third-order valence-electron chi connectivity index (χ3n) is 2.74. The Labute approximate surface area is 94.7 Å². The fourth-order valence-corrected chi connectivity index (χ4v) is 3.21. The van der Waals surface area contributed by atoms with Gasteiger partial charge in [0.05, 0.1) is 15.6 Å². The molecule has 0 saturated carbocycles. The van der Waals surface area contributed by atoms with E-state index in [1.165, 1.54) is 0 Å². The molecule has 1 heterocycles. The molecule has 0 saturated heterocycles. The summed E-state index contributed by atoms with van der Waals surface area (Å²) in [5, 5.41) is 1.13. The Hall–Kier alpha value is -0.700. The van der Waals surface area contributed by atoms with E-state index in [-0.39, 0.29) is 5.41 Å². The van der Waals surface area contributed by atoms with Crippen LogP contribution in [0.25, 0.3) is 0 Å². The Bertz CT molecular complexity index is 392. The lowest BCUT2D eigenvalue weighted by atomic mass is 9.78. The molecule has 0 aliphatic heterocycles. The van der Waals surface area contributed by atoms with Crippen molar-refractivity contribution >= 4 is 17.1 Å². The lowest BCUT2D eigenvalue weighted by Gasteiger charge is -2.26. The van der Waals surface area contributed by atoms with E-state index in [2.05, 4.69) is 25.8 Å². The first-order valence-corrected chi connectivity index (χ1v) is 6.35. The first-order chi connectivity index (χ1) is 7.02. The van der Waals surface area contributed by atoms with Crippen molar-refractivity contribution in [2.45, 2.75) is 46.5 Å². The van der Waals surface area contributed by atoms with Crippen LogP contribution in [0, 0.1) is 5.41 Å². The molecule has 3 heteroatoms. The van der Waals surface area contributed by atoms with Crippen LogP contribution in [0.3, 0.4) is 0 Å². The molecule has 0 spiro atoms. The van der Waals surface area contributed by atoms with Gasteiger partial charge in [-0.1, -0.05) is 20.8 Å². The quantitative estimate of drug-likeness (QED) is 0.770. The van der Waals surface area contributed by atoms with Gasteiger partial charge in [-0.15, -0.1) is 11.3 Å². The van der Waals surface area contributed by atoms with Crippen LogP contribution in [0.1, 0.15) is 54.0 Å². The lowest BCUT2D eigenvalue weighted by molar-refractivity contribution is 0.0916. The predicted molar refractivity (Wildman–Crippen MR) is 62.5 cm³/mol. The molecule has 0 amide bonds. The third kappa shape index (κ3) is 2.12. The Balaban J connectivity index is 2.34. The Morgan fingerprint density at radius 3 is 2.80 bits per heavy atom. The minimum absolute atomic E-state index is 0.0989. The normalized spacial score (nSPS) is 19.0. The van der Waals surface area contributed by atoms with Crippen LogP contribution in [0.4, 0.5) is 0 Å². The van der Waals surface area contributed by atoms with Crippen LogP contribution in [0.5, 0.6) is 0 Å². The molecule has 0 atom stereocenters. The highest BCUT2D eigenvalue weighted by molar-refractivity contribution is 7.13. The van der Waals surface area contributed by atoms with Gasteiger partial charge in [-0.05, 0) is 24.7 Å². The standard InChI is InChI=1S/C12H17NOS/c1-4-5-10-13-8-6-12(2,3)7-9(14)11(8)15-10/h4-7H2,1-3H3. The first-order valence-electron chi connectivity index (χ1n) is 5.53. The molecule has 1 aromatic heterocycles. The number of nitrogens with zero attached hydrogens (tertiary/aromatic N) is 1. The summed E-state index contributed by atoms with van der Waals surface area (Å²) in [5.41, 5.74) is 1.14. The number of hydrogen-bond acceptors (Lipinski definition) is 3. The second-order valence-electron chi connectivity index (χ2n) is 5.07. The fraction of sp³-hybridized carbons (Fsp3) is 0.667. The van der Waals surface area contributed by atoms with Gasteiger partial charge in [0, 0.05) is 6.42 Å². The van der Waals surface area contributed by atoms with Crippen molar-refractivity contribution in [2.24, 2.45) is 5.41 Å². The summed E-state index contributed by atoms with van der Waals surface area (Å²) in [6.07, 6.45) is 3.73. The molecule has 1 aliphatic carbocycles. The van der Waals surface area contributed by atoms with Gasteiger partial charge in [-0.25, -0.2) is 4.98 Å². The zero-order valence-electron chi connectivity index (χ0n) is 9.59. The van der Waals surface area contributed by atoms with Crippen molar-refractivity contribution in [3.8, 4) is 0 Å². The van der Waals surface area contributed by atoms with Gasteiger partial charge in [0.1, 0.15) is 0 Å². The minimum Gasteiger partial charge on any atom is -0.293 e. The van der Waals surface area contributed by atoms with E-state index in [1.807, 2.05) is 0 Å². The molecule has 0 radical (unpaired) electrons. The number of Topliss-reactive ketones (excluding diaryl/α,β-unsaturated/α-hetero) is 1. The Kier molecular flexibility index (Phi) is 2.67. The summed E-state index contributed by atoms with van der Waals surface area (Å²) in [4.78, 5) is 17.4. The molecule has 82 valence electrons. The number of thiazole rings is 1. The molecule has 2 rings (SSSR count). The van der Waals surface area contributed by atoms with Gasteiger partial charge < -0.3 is 0 Å². The van der Waals surface area contributed by atoms with Crippen molar-refractivity contribution in [1.29, 1.82) is 0 Å². The molecule has 0 N–H and O–H groups in total. The number of carbonyl (C=O) groups excluding carboxylic acids is 1. The van der Waals surface area contributed by atoms with Gasteiger partial charge in [0.25, 0.3) is 0 Å². The second-order valence-corrected chi connectivity index (χ2v) is 6.16. The molecule has 0 unspecified atom stereocenters. The van der Waals surface area contributed by atoms with Gasteiger partial charge in [0.2, 0.25) is 0 Å². The zero-order valence-corrected chi connectivity index (χ0v) is 10.4. The lowest BCUT2D eigenvalue weighted by Crippen LogP contribution is -2.25. The summed E-state index contributed by atoms with van der Waals surface area (Å²) in [6, 6.07) is 0. The average molecular weight is 223 g/mol. The monoisotopic (exact) mass is 223 g/mol. The van der Waals surface area contributed by atoms with Gasteiger partial charge >= 0.3 is 0 Å². The highest BCUT2D eigenvalue weighted by Crippen LogP contribution is 2.37. The summed E-state index contributed by atoms with van der Waals surface area (Å²) in [5.74, 6) is 0.293. The molecule has 15 heavy (non-hydrogen) atoms. The van der Waals surface area contributed by atoms with Gasteiger partial charge in [-0.2, -0.15) is 0 Å². The largest absolute Gasteiger partial charge is 0.293 e. The maximum Gasteiger partial charge on any atom is 0.175 e. The van der Waals surface area contributed by atoms with Crippen molar-refractivity contribution in [1.82, 2.24) is 4.98 Å². The van der Waals surface area contributed by atoms with E-state index in [0.717, 1.165) is 34.8 Å². The number of aryl methyl sites for hydroxylation is 1. The van der Waals surface area contributed by atoms with Crippen LogP contribution in [0.2, 0.25) is 0 Å². The maximum absolute atomic E-state index is 11.9. The summed E-state index contributed by atoms with van der Waals surface area (Å²) >= 11 is 1.61. The number of hydrogen-bond donors (Lipinski definition) is 0. The zero-order chi connectivity index (χ0) is 11.1. The van der Waals surface area contributed by atoms with Crippen LogP contribution >= 0.6 is 11.3 Å². The summed E-state index contributed by atoms with van der Waals surface area (Å²) < 4.78 is 0. The maximum atomic E-state index is 11.9. The number of aromatic nitrogens is 1. The first kappa shape index (κ1) is 10.8. The summed E-state index contributed by atoms with van der Waals surface area (Å²) in [6.45, 7) is 6.44. The summed E-state index contributed by atoms with van der Waals surface area (Å²) in [7, 11) is 0.